The van der Waals surface area contributed by atoms with Gasteiger partial charge in [-0.2, -0.15) is 0 Å². The zero-order valence-electron chi connectivity index (χ0n) is 18.3. The highest BCUT2D eigenvalue weighted by Gasteiger charge is 2.21. The number of nitrogens with one attached hydrogen (secondary N) is 2. The van der Waals surface area contributed by atoms with Gasteiger partial charge in [0.2, 0.25) is 11.9 Å². The van der Waals surface area contributed by atoms with Crippen LogP contribution in [0, 0.1) is 5.92 Å². The molecule has 2 heterocycles. The minimum Gasteiger partial charge on any atom is -0.378 e. The number of carbonyl (C=O) groups excluding carboxylic acids is 2. The molecule has 1 fully saturated rings. The fourth-order valence-corrected chi connectivity index (χ4v) is 3.98. The van der Waals surface area contributed by atoms with E-state index in [-0.39, 0.29) is 17.6 Å². The molecule has 2 amide bonds. The topological polar surface area (TPSA) is 101 Å². The predicted molar refractivity (Wildman–Crippen MR) is 122 cm³/mol. The van der Waals surface area contributed by atoms with E-state index in [2.05, 4.69) is 44.1 Å². The van der Waals surface area contributed by atoms with Crippen LogP contribution in [-0.4, -0.2) is 65.2 Å². The molecule has 9 nitrogen and oxygen atoms in total. The summed E-state index contributed by atoms with van der Waals surface area (Å²) in [6.45, 7) is 10.4. The Morgan fingerprint density at radius 2 is 2.00 bits per heavy atom. The molecule has 3 rings (SSSR count). The van der Waals surface area contributed by atoms with E-state index in [0.29, 0.717) is 36.9 Å². The highest BCUT2D eigenvalue weighted by Crippen LogP contribution is 2.24. The van der Waals surface area contributed by atoms with Crippen molar-refractivity contribution < 1.29 is 14.3 Å². The summed E-state index contributed by atoms with van der Waals surface area (Å²) in [4.78, 5) is 26.7. The molecule has 0 unspecified atom stereocenters. The molecule has 0 saturated carbocycles. The van der Waals surface area contributed by atoms with Crippen molar-refractivity contribution >= 4 is 35.2 Å². The van der Waals surface area contributed by atoms with Crippen LogP contribution in [0.4, 0.5) is 11.6 Å². The van der Waals surface area contributed by atoms with Crippen LogP contribution in [0.25, 0.3) is 0 Å². The number of benzene rings is 1. The van der Waals surface area contributed by atoms with Crippen molar-refractivity contribution in [2.24, 2.45) is 5.92 Å². The number of hydrogen-bond acceptors (Lipinski definition) is 7. The molecule has 0 spiro atoms. The summed E-state index contributed by atoms with van der Waals surface area (Å²) in [7, 11) is 0. The van der Waals surface area contributed by atoms with Crippen molar-refractivity contribution in [2.75, 3.05) is 48.8 Å². The van der Waals surface area contributed by atoms with Crippen molar-refractivity contribution in [2.45, 2.75) is 32.5 Å². The monoisotopic (exact) mass is 446 g/mol. The molecule has 0 aliphatic carbocycles. The lowest BCUT2D eigenvalue weighted by molar-refractivity contribution is -0.113. The summed E-state index contributed by atoms with van der Waals surface area (Å²) in [5.74, 6) is 1.12. The van der Waals surface area contributed by atoms with Gasteiger partial charge in [-0.15, -0.1) is 10.2 Å². The smallest absolute Gasteiger partial charge is 0.251 e. The molecule has 168 valence electrons. The van der Waals surface area contributed by atoms with Crippen LogP contribution in [0.2, 0.25) is 0 Å². The predicted octanol–water partition coefficient (Wildman–Crippen LogP) is 2.25. The van der Waals surface area contributed by atoms with Gasteiger partial charge in [-0.1, -0.05) is 31.7 Å². The Morgan fingerprint density at radius 3 is 2.71 bits per heavy atom. The first kappa shape index (κ1) is 23.1. The highest BCUT2D eigenvalue weighted by molar-refractivity contribution is 7.99. The van der Waals surface area contributed by atoms with Gasteiger partial charge in [-0.25, -0.2) is 0 Å². The van der Waals surface area contributed by atoms with Crippen LogP contribution in [0.1, 0.15) is 31.1 Å². The standard InChI is InChI=1S/C21H30N6O3S/c1-4-22-19(29)16-6-5-7-17(12-16)23-18(28)14-31-21-25-24-20(27(21)13-15(2)3)26-8-10-30-11-9-26/h5-7,12,15H,4,8-11,13-14H2,1-3H3,(H,22,29)(H,23,28). The molecule has 0 atom stereocenters. The molecule has 0 radical (unpaired) electrons. The number of amides is 2. The molecule has 1 aromatic carbocycles. The number of carbonyl (C=O) groups is 2. The van der Waals surface area contributed by atoms with Gasteiger partial charge in [0, 0.05) is 37.4 Å². The second-order valence-corrected chi connectivity index (χ2v) is 8.61. The minimum absolute atomic E-state index is 0.162. The fourth-order valence-electron chi connectivity index (χ4n) is 3.24. The quantitative estimate of drug-likeness (QED) is 0.570. The largest absolute Gasteiger partial charge is 0.378 e. The third-order valence-electron chi connectivity index (χ3n) is 4.62. The first-order valence-corrected chi connectivity index (χ1v) is 11.5. The van der Waals surface area contributed by atoms with Gasteiger partial charge in [0.15, 0.2) is 5.16 Å². The molecule has 10 heteroatoms. The number of nitrogens with zero attached hydrogens (tertiary/aromatic N) is 4. The van der Waals surface area contributed by atoms with Gasteiger partial charge in [-0.3, -0.25) is 14.2 Å². The van der Waals surface area contributed by atoms with Gasteiger partial charge in [0.25, 0.3) is 5.91 Å². The van der Waals surface area contributed by atoms with Gasteiger partial charge < -0.3 is 20.3 Å². The van der Waals surface area contributed by atoms with Crippen LogP contribution >= 0.6 is 11.8 Å². The van der Waals surface area contributed by atoms with E-state index in [1.807, 2.05) is 6.92 Å². The van der Waals surface area contributed by atoms with Crippen LogP contribution < -0.4 is 15.5 Å². The molecule has 1 aliphatic heterocycles. The van der Waals surface area contributed by atoms with Crippen molar-refractivity contribution in [3.05, 3.63) is 29.8 Å². The number of rotatable bonds is 9. The Bertz CT molecular complexity index is 895. The van der Waals surface area contributed by atoms with Crippen LogP contribution in [0.5, 0.6) is 0 Å². The third kappa shape index (κ3) is 6.44. The Morgan fingerprint density at radius 1 is 1.23 bits per heavy atom. The molecular formula is C21H30N6O3S. The van der Waals surface area contributed by atoms with E-state index in [1.165, 1.54) is 11.8 Å². The summed E-state index contributed by atoms with van der Waals surface area (Å²) in [5.41, 5.74) is 1.10. The number of hydrogen-bond donors (Lipinski definition) is 2. The maximum absolute atomic E-state index is 12.5. The maximum Gasteiger partial charge on any atom is 0.251 e. The molecule has 31 heavy (non-hydrogen) atoms. The molecular weight excluding hydrogens is 416 g/mol. The van der Waals surface area contributed by atoms with Crippen molar-refractivity contribution in [3.63, 3.8) is 0 Å². The fraction of sp³-hybridized carbons (Fsp3) is 0.524. The highest BCUT2D eigenvalue weighted by atomic mass is 32.2. The number of morpholine rings is 1. The lowest BCUT2D eigenvalue weighted by atomic mass is 10.2. The van der Waals surface area contributed by atoms with E-state index >= 15 is 0 Å². The summed E-state index contributed by atoms with van der Waals surface area (Å²) < 4.78 is 7.53. The minimum atomic E-state index is -0.162. The molecule has 1 aromatic heterocycles. The number of anilines is 2. The van der Waals surface area contributed by atoms with E-state index < -0.39 is 0 Å². The van der Waals surface area contributed by atoms with Gasteiger partial charge >= 0.3 is 0 Å². The number of thioether (sulfide) groups is 1. The maximum atomic E-state index is 12.5. The third-order valence-corrected chi connectivity index (χ3v) is 5.58. The number of aromatic nitrogens is 3. The normalized spacial score (nSPS) is 14.0. The van der Waals surface area contributed by atoms with E-state index in [1.54, 1.807) is 24.3 Å². The molecule has 2 N–H and O–H groups in total. The van der Waals surface area contributed by atoms with Gasteiger partial charge in [0.05, 0.1) is 19.0 Å². The second kappa shape index (κ2) is 11.1. The zero-order valence-corrected chi connectivity index (χ0v) is 19.1. The van der Waals surface area contributed by atoms with Gasteiger partial charge in [0.1, 0.15) is 0 Å². The van der Waals surface area contributed by atoms with Crippen molar-refractivity contribution in [1.29, 1.82) is 0 Å². The van der Waals surface area contributed by atoms with Crippen molar-refractivity contribution in [3.8, 4) is 0 Å². The molecule has 1 aliphatic rings. The average Bonchev–Trinajstić information content (AvgIpc) is 3.15. The van der Waals surface area contributed by atoms with Crippen molar-refractivity contribution in [1.82, 2.24) is 20.1 Å². The van der Waals surface area contributed by atoms with Crippen LogP contribution in [0.3, 0.4) is 0 Å². The average molecular weight is 447 g/mol. The van der Waals surface area contributed by atoms with Gasteiger partial charge in [-0.05, 0) is 31.0 Å². The summed E-state index contributed by atoms with van der Waals surface area (Å²) >= 11 is 1.36. The second-order valence-electron chi connectivity index (χ2n) is 7.66. The van der Waals surface area contributed by atoms with E-state index in [4.69, 9.17) is 4.74 Å². The van der Waals surface area contributed by atoms with E-state index in [0.717, 1.165) is 30.7 Å². The van der Waals surface area contributed by atoms with Crippen LogP contribution in [-0.2, 0) is 16.1 Å². The molecule has 2 aromatic rings. The molecule has 1 saturated heterocycles. The SMILES string of the molecule is CCNC(=O)c1cccc(NC(=O)CSc2nnc(N3CCOCC3)n2CC(C)C)c1. The summed E-state index contributed by atoms with van der Waals surface area (Å²) in [6.07, 6.45) is 0. The lowest BCUT2D eigenvalue weighted by Gasteiger charge is -2.28. The zero-order chi connectivity index (χ0) is 22.2. The van der Waals surface area contributed by atoms with Crippen LogP contribution in [0.15, 0.2) is 29.4 Å². The number of ether oxygens (including phenoxy) is 1. The Balaban J connectivity index is 1.64. The first-order chi connectivity index (χ1) is 15.0. The summed E-state index contributed by atoms with van der Waals surface area (Å²) in [6, 6.07) is 6.91. The Labute approximate surface area is 186 Å². The van der Waals surface area contributed by atoms with E-state index in [9.17, 15) is 9.59 Å². The Hall–Kier alpha value is -2.59. The first-order valence-electron chi connectivity index (χ1n) is 10.5. The molecule has 0 bridgehead atoms. The lowest BCUT2D eigenvalue weighted by Crippen LogP contribution is -2.38. The summed E-state index contributed by atoms with van der Waals surface area (Å²) in [5, 5.41) is 15.1. The Kier molecular flexibility index (Phi) is 8.30.